The fourth-order valence-corrected chi connectivity index (χ4v) is 2.28. The van der Waals surface area contributed by atoms with Crippen LogP contribution in [0.2, 0.25) is 0 Å². The lowest BCUT2D eigenvalue weighted by atomic mass is 10.2. The molecule has 4 nitrogen and oxygen atoms in total. The molecule has 2 rings (SSSR count). The zero-order chi connectivity index (χ0) is 18.2. The molecule has 0 bridgehead atoms. The largest absolute Gasteiger partial charge is 0.462 e. The van der Waals surface area contributed by atoms with Crippen molar-refractivity contribution in [1.29, 1.82) is 0 Å². The van der Waals surface area contributed by atoms with Crippen LogP contribution in [0.5, 0.6) is 0 Å². The first kappa shape index (κ1) is 18.9. The molecule has 0 aliphatic rings. The van der Waals surface area contributed by atoms with Crippen molar-refractivity contribution < 1.29 is 13.9 Å². The van der Waals surface area contributed by atoms with E-state index in [-0.39, 0.29) is 11.8 Å². The number of anilines is 2. The summed E-state index contributed by atoms with van der Waals surface area (Å²) in [5, 5.41) is 6.24. The Morgan fingerprint density at radius 1 is 1.12 bits per heavy atom. The number of halogens is 1. The molecule has 6 heteroatoms. The van der Waals surface area contributed by atoms with Crippen molar-refractivity contribution in [3.63, 3.8) is 0 Å². The minimum absolute atomic E-state index is 0.293. The predicted octanol–water partition coefficient (Wildman–Crippen LogP) is 4.90. The van der Waals surface area contributed by atoms with Gasteiger partial charge in [-0.3, -0.25) is 0 Å². The van der Waals surface area contributed by atoms with Gasteiger partial charge in [0.2, 0.25) is 0 Å². The number of ether oxygens (including phenoxy) is 1. The molecule has 0 amide bonds. The maximum atomic E-state index is 13.5. The first-order valence-corrected chi connectivity index (χ1v) is 8.51. The molecule has 132 valence electrons. The average molecular weight is 360 g/mol. The summed E-state index contributed by atoms with van der Waals surface area (Å²) >= 11 is 5.21. The SMILES string of the molecule is CCCCOC(=O)c1ccc(NC(=S)Nc2ccc(C)c(F)c2)cc1. The van der Waals surface area contributed by atoms with E-state index in [0.717, 1.165) is 18.5 Å². The molecule has 0 saturated carbocycles. The van der Waals surface area contributed by atoms with Gasteiger partial charge in [-0.25, -0.2) is 9.18 Å². The van der Waals surface area contributed by atoms with Crippen LogP contribution in [0.4, 0.5) is 15.8 Å². The Morgan fingerprint density at radius 3 is 2.40 bits per heavy atom. The molecule has 0 heterocycles. The Bertz CT molecular complexity index is 748. The summed E-state index contributed by atoms with van der Waals surface area (Å²) in [6.45, 7) is 4.16. The van der Waals surface area contributed by atoms with Crippen molar-refractivity contribution in [2.75, 3.05) is 17.2 Å². The highest BCUT2D eigenvalue weighted by Crippen LogP contribution is 2.15. The zero-order valence-electron chi connectivity index (χ0n) is 14.3. The molecule has 25 heavy (non-hydrogen) atoms. The summed E-state index contributed by atoms with van der Waals surface area (Å²) in [6.07, 6.45) is 1.83. The highest BCUT2D eigenvalue weighted by molar-refractivity contribution is 7.80. The number of benzene rings is 2. The predicted molar refractivity (Wildman–Crippen MR) is 103 cm³/mol. The van der Waals surface area contributed by atoms with Gasteiger partial charge in [-0.2, -0.15) is 0 Å². The summed E-state index contributed by atoms with van der Waals surface area (Å²) in [4.78, 5) is 11.8. The third-order valence-corrected chi connectivity index (χ3v) is 3.74. The van der Waals surface area contributed by atoms with Gasteiger partial charge in [0.25, 0.3) is 0 Å². The average Bonchev–Trinajstić information content (AvgIpc) is 2.59. The fraction of sp³-hybridized carbons (Fsp3) is 0.263. The molecule has 0 aliphatic carbocycles. The number of unbranched alkanes of at least 4 members (excludes halogenated alkanes) is 1. The van der Waals surface area contributed by atoms with E-state index in [4.69, 9.17) is 17.0 Å². The lowest BCUT2D eigenvalue weighted by Gasteiger charge is -2.11. The van der Waals surface area contributed by atoms with Gasteiger partial charge in [-0.1, -0.05) is 19.4 Å². The molecule has 0 aromatic heterocycles. The summed E-state index contributed by atoms with van der Waals surface area (Å²) in [5.74, 6) is -0.630. The van der Waals surface area contributed by atoms with Crippen LogP contribution in [0, 0.1) is 12.7 Å². The number of nitrogens with one attached hydrogen (secondary N) is 2. The number of carbonyl (C=O) groups excluding carboxylic acids is 1. The quantitative estimate of drug-likeness (QED) is 0.436. The van der Waals surface area contributed by atoms with Crippen LogP contribution in [-0.2, 0) is 4.74 Å². The second-order valence-electron chi connectivity index (χ2n) is 5.61. The van der Waals surface area contributed by atoms with E-state index >= 15 is 0 Å². The summed E-state index contributed by atoms with van der Waals surface area (Å²) in [5.41, 5.74) is 2.35. The molecule has 0 aliphatic heterocycles. The monoisotopic (exact) mass is 360 g/mol. The van der Waals surface area contributed by atoms with Gasteiger partial charge in [-0.15, -0.1) is 0 Å². The molecule has 0 atom stereocenters. The number of aryl methyl sites for hydroxylation is 1. The van der Waals surface area contributed by atoms with E-state index < -0.39 is 0 Å². The van der Waals surface area contributed by atoms with Crippen molar-refractivity contribution in [1.82, 2.24) is 0 Å². The van der Waals surface area contributed by atoms with Gasteiger partial charge in [0.15, 0.2) is 5.11 Å². The zero-order valence-corrected chi connectivity index (χ0v) is 15.1. The summed E-state index contributed by atoms with van der Waals surface area (Å²) in [7, 11) is 0. The number of thiocarbonyl (C=S) groups is 1. The van der Waals surface area contributed by atoms with Crippen molar-refractivity contribution in [3.8, 4) is 0 Å². The number of carbonyl (C=O) groups is 1. The smallest absolute Gasteiger partial charge is 0.338 e. The number of esters is 1. The second kappa shape index (κ2) is 9.13. The highest BCUT2D eigenvalue weighted by Gasteiger charge is 2.07. The molecular weight excluding hydrogens is 339 g/mol. The Balaban J connectivity index is 1.90. The van der Waals surface area contributed by atoms with E-state index in [0.29, 0.717) is 28.5 Å². The van der Waals surface area contributed by atoms with Gasteiger partial charge < -0.3 is 15.4 Å². The lowest BCUT2D eigenvalue weighted by Crippen LogP contribution is -2.19. The van der Waals surface area contributed by atoms with E-state index in [2.05, 4.69) is 10.6 Å². The minimum Gasteiger partial charge on any atom is -0.462 e. The summed E-state index contributed by atoms with van der Waals surface area (Å²) < 4.78 is 18.7. The third-order valence-electron chi connectivity index (χ3n) is 3.54. The topological polar surface area (TPSA) is 50.4 Å². The molecule has 0 unspecified atom stereocenters. The molecular formula is C19H21FN2O2S. The van der Waals surface area contributed by atoms with E-state index in [9.17, 15) is 9.18 Å². The number of rotatable bonds is 6. The van der Waals surface area contributed by atoms with Crippen LogP contribution in [0.25, 0.3) is 0 Å². The van der Waals surface area contributed by atoms with Gasteiger partial charge in [0, 0.05) is 11.4 Å². The molecule has 0 saturated heterocycles. The van der Waals surface area contributed by atoms with E-state index in [1.54, 1.807) is 43.3 Å². The molecule has 0 radical (unpaired) electrons. The van der Waals surface area contributed by atoms with E-state index in [1.165, 1.54) is 6.07 Å². The van der Waals surface area contributed by atoms with Crippen molar-refractivity contribution in [2.24, 2.45) is 0 Å². The Hall–Kier alpha value is -2.47. The van der Waals surface area contributed by atoms with Gasteiger partial charge in [0.05, 0.1) is 12.2 Å². The first-order valence-electron chi connectivity index (χ1n) is 8.11. The van der Waals surface area contributed by atoms with Crippen molar-refractivity contribution in [3.05, 3.63) is 59.4 Å². The summed E-state index contributed by atoms with van der Waals surface area (Å²) in [6, 6.07) is 11.6. The molecule has 0 fully saturated rings. The standard InChI is InChI=1S/C19H21FN2O2S/c1-3-4-11-24-18(23)14-6-9-15(10-7-14)21-19(25)22-16-8-5-13(2)17(20)12-16/h5-10,12H,3-4,11H2,1-2H3,(H2,21,22,25). The molecule has 2 aromatic rings. The Kier molecular flexibility index (Phi) is 6.89. The number of hydrogen-bond acceptors (Lipinski definition) is 3. The normalized spacial score (nSPS) is 10.2. The van der Waals surface area contributed by atoms with Crippen LogP contribution in [0.15, 0.2) is 42.5 Å². The lowest BCUT2D eigenvalue weighted by molar-refractivity contribution is 0.0500. The minimum atomic E-state index is -0.337. The van der Waals surface area contributed by atoms with Crippen LogP contribution in [-0.4, -0.2) is 17.7 Å². The maximum Gasteiger partial charge on any atom is 0.338 e. The second-order valence-corrected chi connectivity index (χ2v) is 6.02. The molecule has 2 aromatic carbocycles. The first-order chi connectivity index (χ1) is 12.0. The molecule has 2 N–H and O–H groups in total. The van der Waals surface area contributed by atoms with E-state index in [1.807, 2.05) is 6.92 Å². The highest BCUT2D eigenvalue weighted by atomic mass is 32.1. The van der Waals surface area contributed by atoms with Crippen LogP contribution < -0.4 is 10.6 Å². The van der Waals surface area contributed by atoms with Crippen molar-refractivity contribution >= 4 is 34.7 Å². The maximum absolute atomic E-state index is 13.5. The molecule has 0 spiro atoms. The third kappa shape index (κ3) is 5.83. The number of hydrogen-bond donors (Lipinski definition) is 2. The van der Waals surface area contributed by atoms with Gasteiger partial charge in [0.1, 0.15) is 5.82 Å². The fourth-order valence-electron chi connectivity index (χ4n) is 2.05. The van der Waals surface area contributed by atoms with Crippen LogP contribution in [0.1, 0.15) is 35.7 Å². The van der Waals surface area contributed by atoms with Gasteiger partial charge >= 0.3 is 5.97 Å². The van der Waals surface area contributed by atoms with Gasteiger partial charge in [-0.05, 0) is 67.5 Å². The Labute approximate surface area is 152 Å². The Morgan fingerprint density at radius 2 is 1.76 bits per heavy atom. The van der Waals surface area contributed by atoms with Crippen molar-refractivity contribution in [2.45, 2.75) is 26.7 Å². The van der Waals surface area contributed by atoms with Crippen LogP contribution >= 0.6 is 12.2 Å². The van der Waals surface area contributed by atoms with Crippen LogP contribution in [0.3, 0.4) is 0 Å².